The average molecular weight is 432 g/mol. The number of nitrogens with zero attached hydrogens (tertiary/aromatic N) is 5. The number of nitrogens with one attached hydrogen (secondary N) is 1. The van der Waals surface area contributed by atoms with E-state index < -0.39 is 10.8 Å². The number of carbonyl (C=O) groups is 1. The second-order valence-electron chi connectivity index (χ2n) is 6.33. The van der Waals surface area contributed by atoms with Crippen LogP contribution in [0.15, 0.2) is 84.3 Å². The molecule has 0 spiro atoms. The summed E-state index contributed by atoms with van der Waals surface area (Å²) in [6, 6.07) is 20.6. The first-order valence-electron chi connectivity index (χ1n) is 9.21. The number of thioether (sulfide) groups is 1. The molecule has 0 saturated carbocycles. The van der Waals surface area contributed by atoms with Crippen LogP contribution in [0.1, 0.15) is 0 Å². The van der Waals surface area contributed by atoms with Crippen LogP contribution in [-0.4, -0.2) is 36.3 Å². The lowest BCUT2D eigenvalue weighted by Crippen LogP contribution is -2.15. The van der Waals surface area contributed by atoms with Crippen molar-refractivity contribution in [2.45, 2.75) is 5.16 Å². The lowest BCUT2D eigenvalue weighted by atomic mass is 10.2. The number of benzene rings is 2. The molecule has 2 aromatic heterocycles. The van der Waals surface area contributed by atoms with E-state index >= 15 is 0 Å². The molecule has 4 aromatic rings. The van der Waals surface area contributed by atoms with Crippen LogP contribution in [0.25, 0.3) is 17.1 Å². The van der Waals surface area contributed by atoms with Gasteiger partial charge >= 0.3 is 5.69 Å². The molecular weight excluding hydrogens is 416 g/mol. The Labute approximate surface area is 181 Å². The highest BCUT2D eigenvalue weighted by Gasteiger charge is 2.19. The van der Waals surface area contributed by atoms with E-state index in [2.05, 4.69) is 20.5 Å². The lowest BCUT2D eigenvalue weighted by Gasteiger charge is -2.10. The lowest BCUT2D eigenvalue weighted by molar-refractivity contribution is -0.384. The van der Waals surface area contributed by atoms with Gasteiger partial charge in [-0.1, -0.05) is 60.3 Å². The van der Waals surface area contributed by atoms with E-state index in [9.17, 15) is 14.9 Å². The largest absolute Gasteiger partial charge is 0.320 e. The maximum Gasteiger partial charge on any atom is 0.310 e. The first kappa shape index (κ1) is 20.2. The molecule has 0 aliphatic heterocycles. The van der Waals surface area contributed by atoms with Crippen LogP contribution in [0.4, 0.5) is 11.4 Å². The van der Waals surface area contributed by atoms with E-state index in [0.717, 1.165) is 17.4 Å². The molecule has 0 saturated heterocycles. The number of hydrogen-bond donors (Lipinski definition) is 1. The van der Waals surface area contributed by atoms with E-state index in [1.807, 2.05) is 65.2 Å². The van der Waals surface area contributed by atoms with Gasteiger partial charge in [0.2, 0.25) is 5.91 Å². The fourth-order valence-corrected chi connectivity index (χ4v) is 3.65. The van der Waals surface area contributed by atoms with Gasteiger partial charge in [0.15, 0.2) is 11.0 Å². The normalized spacial score (nSPS) is 10.6. The van der Waals surface area contributed by atoms with E-state index in [1.165, 1.54) is 24.0 Å². The molecule has 0 atom stereocenters. The fourth-order valence-electron chi connectivity index (χ4n) is 2.90. The number of amides is 1. The molecule has 2 aromatic carbocycles. The van der Waals surface area contributed by atoms with Gasteiger partial charge in [0.05, 0.1) is 10.7 Å². The third-order valence-electron chi connectivity index (χ3n) is 4.28. The highest BCUT2D eigenvalue weighted by atomic mass is 32.2. The van der Waals surface area contributed by atoms with Gasteiger partial charge in [-0.25, -0.2) is 0 Å². The second kappa shape index (κ2) is 9.18. The number of nitro groups is 1. The predicted molar refractivity (Wildman–Crippen MR) is 117 cm³/mol. The van der Waals surface area contributed by atoms with Gasteiger partial charge in [0.1, 0.15) is 11.9 Å². The van der Waals surface area contributed by atoms with Crippen molar-refractivity contribution in [1.82, 2.24) is 19.7 Å². The Kier molecular flexibility index (Phi) is 5.99. The standard InChI is InChI=1S/C21H16N6O3S/c28-19(23-17-11-12-22-13-18(17)27(29)30)14-31-21-25-24-20(15-7-3-1-4-8-15)26(21)16-9-5-2-6-10-16/h1-13H,14H2,(H,22,23,28). The summed E-state index contributed by atoms with van der Waals surface area (Å²) in [6.45, 7) is 0. The van der Waals surface area contributed by atoms with Gasteiger partial charge in [0, 0.05) is 17.4 Å². The van der Waals surface area contributed by atoms with Crippen LogP contribution in [0, 0.1) is 10.1 Å². The minimum absolute atomic E-state index is 0.000760. The van der Waals surface area contributed by atoms with E-state index in [0.29, 0.717) is 11.0 Å². The highest BCUT2D eigenvalue weighted by Crippen LogP contribution is 2.28. The second-order valence-corrected chi connectivity index (χ2v) is 7.27. The smallest absolute Gasteiger partial charge is 0.310 e. The Bertz CT molecular complexity index is 1210. The van der Waals surface area contributed by atoms with Crippen molar-refractivity contribution < 1.29 is 9.72 Å². The summed E-state index contributed by atoms with van der Waals surface area (Å²) in [5.74, 6) is 0.252. The monoisotopic (exact) mass is 432 g/mol. The first-order chi connectivity index (χ1) is 15.1. The molecule has 10 heteroatoms. The molecule has 1 amide bonds. The molecule has 0 aliphatic carbocycles. The summed E-state index contributed by atoms with van der Waals surface area (Å²) in [6.07, 6.45) is 2.48. The molecule has 0 radical (unpaired) electrons. The molecule has 0 unspecified atom stereocenters. The summed E-state index contributed by atoms with van der Waals surface area (Å²) in [4.78, 5) is 26.7. The zero-order chi connectivity index (χ0) is 21.6. The van der Waals surface area contributed by atoms with Gasteiger partial charge in [-0.05, 0) is 18.2 Å². The van der Waals surface area contributed by atoms with Crippen molar-refractivity contribution in [3.05, 3.63) is 89.2 Å². The van der Waals surface area contributed by atoms with Crippen molar-refractivity contribution >= 4 is 29.0 Å². The Morgan fingerprint density at radius 2 is 1.74 bits per heavy atom. The average Bonchev–Trinajstić information content (AvgIpc) is 3.23. The third kappa shape index (κ3) is 4.59. The topological polar surface area (TPSA) is 116 Å². The minimum Gasteiger partial charge on any atom is -0.320 e. The zero-order valence-corrected chi connectivity index (χ0v) is 16.9. The van der Waals surface area contributed by atoms with Gasteiger partial charge in [0.25, 0.3) is 0 Å². The number of para-hydroxylation sites is 1. The van der Waals surface area contributed by atoms with Crippen molar-refractivity contribution in [2.24, 2.45) is 0 Å². The molecule has 2 heterocycles. The maximum atomic E-state index is 12.5. The van der Waals surface area contributed by atoms with Crippen LogP contribution in [-0.2, 0) is 4.79 Å². The summed E-state index contributed by atoms with van der Waals surface area (Å²) in [7, 11) is 0. The minimum atomic E-state index is -0.589. The number of carbonyl (C=O) groups excluding carboxylic acids is 1. The number of hydrogen-bond acceptors (Lipinski definition) is 7. The fraction of sp³-hybridized carbons (Fsp3) is 0.0476. The molecule has 9 nitrogen and oxygen atoms in total. The number of anilines is 1. The van der Waals surface area contributed by atoms with Crippen molar-refractivity contribution in [3.63, 3.8) is 0 Å². The van der Waals surface area contributed by atoms with E-state index in [-0.39, 0.29) is 17.1 Å². The van der Waals surface area contributed by atoms with Gasteiger partial charge in [-0.15, -0.1) is 10.2 Å². The number of rotatable bonds is 7. The van der Waals surface area contributed by atoms with Crippen molar-refractivity contribution in [3.8, 4) is 17.1 Å². The highest BCUT2D eigenvalue weighted by molar-refractivity contribution is 7.99. The summed E-state index contributed by atoms with van der Waals surface area (Å²) in [5.41, 5.74) is 1.58. The van der Waals surface area contributed by atoms with Gasteiger partial charge in [-0.3, -0.25) is 24.5 Å². The quantitative estimate of drug-likeness (QED) is 0.267. The number of pyridine rings is 1. The third-order valence-corrected chi connectivity index (χ3v) is 5.21. The van der Waals surface area contributed by atoms with Crippen LogP contribution in [0.3, 0.4) is 0 Å². The van der Waals surface area contributed by atoms with Crippen LogP contribution in [0.5, 0.6) is 0 Å². The Hall–Kier alpha value is -4.05. The van der Waals surface area contributed by atoms with E-state index in [4.69, 9.17) is 0 Å². The Morgan fingerprint density at radius 1 is 1.03 bits per heavy atom. The Morgan fingerprint density at radius 3 is 2.45 bits per heavy atom. The van der Waals surface area contributed by atoms with Gasteiger partial charge in [-0.2, -0.15) is 0 Å². The molecule has 154 valence electrons. The maximum absolute atomic E-state index is 12.5. The Balaban J connectivity index is 1.57. The van der Waals surface area contributed by atoms with Crippen LogP contribution in [0.2, 0.25) is 0 Å². The molecule has 4 rings (SSSR count). The summed E-state index contributed by atoms with van der Waals surface area (Å²) in [5, 5.41) is 22.8. The molecule has 1 N–H and O–H groups in total. The van der Waals surface area contributed by atoms with Crippen LogP contribution >= 0.6 is 11.8 Å². The van der Waals surface area contributed by atoms with Gasteiger partial charge < -0.3 is 5.32 Å². The molecular formula is C21H16N6O3S. The first-order valence-corrected chi connectivity index (χ1v) is 10.2. The van der Waals surface area contributed by atoms with Crippen LogP contribution < -0.4 is 5.32 Å². The predicted octanol–water partition coefficient (Wildman–Crippen LogP) is 3.97. The molecule has 0 fully saturated rings. The number of aromatic nitrogens is 4. The molecule has 0 aliphatic rings. The van der Waals surface area contributed by atoms with Crippen molar-refractivity contribution in [1.29, 1.82) is 0 Å². The summed E-state index contributed by atoms with van der Waals surface area (Å²) >= 11 is 1.19. The molecule has 31 heavy (non-hydrogen) atoms. The van der Waals surface area contributed by atoms with E-state index in [1.54, 1.807) is 0 Å². The summed E-state index contributed by atoms with van der Waals surface area (Å²) < 4.78 is 1.88. The zero-order valence-electron chi connectivity index (χ0n) is 16.1. The van der Waals surface area contributed by atoms with Crippen molar-refractivity contribution in [2.75, 3.05) is 11.1 Å². The SMILES string of the molecule is O=C(CSc1nnc(-c2ccccc2)n1-c1ccccc1)Nc1ccncc1[N+](=O)[O-]. The molecule has 0 bridgehead atoms.